The predicted octanol–water partition coefficient (Wildman–Crippen LogP) is 2.90. The zero-order valence-corrected chi connectivity index (χ0v) is 12.1. The molecule has 0 radical (unpaired) electrons. The Kier molecular flexibility index (Phi) is 5.47. The first-order valence-corrected chi connectivity index (χ1v) is 7.32. The molecule has 0 bridgehead atoms. The molecule has 0 aliphatic carbocycles. The van der Waals surface area contributed by atoms with Crippen LogP contribution in [0.1, 0.15) is 24.8 Å². The molecule has 18 heavy (non-hydrogen) atoms. The first-order valence-electron chi connectivity index (χ1n) is 6.53. The van der Waals surface area contributed by atoms with Crippen molar-refractivity contribution in [3.63, 3.8) is 0 Å². The molecule has 0 spiro atoms. The molecule has 1 aliphatic heterocycles. The molecule has 1 saturated heterocycles. The maximum atomic E-state index is 5.93. The normalized spacial score (nSPS) is 19.8. The van der Waals surface area contributed by atoms with Gasteiger partial charge in [0.1, 0.15) is 12.4 Å². The number of benzene rings is 1. The molecule has 1 unspecified atom stereocenters. The smallest absolute Gasteiger partial charge is 0.136 e. The van der Waals surface area contributed by atoms with Crippen LogP contribution in [0.4, 0.5) is 0 Å². The van der Waals surface area contributed by atoms with Crippen molar-refractivity contribution in [2.75, 3.05) is 19.8 Å². The number of hydrogen-bond acceptors (Lipinski definition) is 3. The van der Waals surface area contributed by atoms with E-state index >= 15 is 0 Å². The minimum Gasteiger partial charge on any atom is -0.489 e. The van der Waals surface area contributed by atoms with E-state index in [-0.39, 0.29) is 6.10 Å². The Balaban J connectivity index is 1.98. The van der Waals surface area contributed by atoms with Gasteiger partial charge in [-0.1, -0.05) is 12.1 Å². The van der Waals surface area contributed by atoms with Gasteiger partial charge in [0.25, 0.3) is 0 Å². The highest BCUT2D eigenvalue weighted by Crippen LogP contribution is 2.30. The van der Waals surface area contributed by atoms with Crippen molar-refractivity contribution in [2.24, 2.45) is 5.73 Å². The van der Waals surface area contributed by atoms with Crippen LogP contribution in [-0.2, 0) is 11.2 Å². The third-order valence-electron chi connectivity index (χ3n) is 3.15. The van der Waals surface area contributed by atoms with Gasteiger partial charge in [0, 0.05) is 6.61 Å². The number of para-hydroxylation sites is 1. The summed E-state index contributed by atoms with van der Waals surface area (Å²) in [7, 11) is 0. The lowest BCUT2D eigenvalue weighted by Gasteiger charge is -2.23. The Morgan fingerprint density at radius 3 is 3.00 bits per heavy atom. The average molecular weight is 314 g/mol. The van der Waals surface area contributed by atoms with Crippen LogP contribution < -0.4 is 10.5 Å². The fraction of sp³-hybridized carbons (Fsp3) is 0.571. The van der Waals surface area contributed by atoms with Gasteiger partial charge in [-0.25, -0.2) is 0 Å². The summed E-state index contributed by atoms with van der Waals surface area (Å²) in [4.78, 5) is 0. The van der Waals surface area contributed by atoms with E-state index in [0.717, 1.165) is 35.2 Å². The maximum Gasteiger partial charge on any atom is 0.136 e. The average Bonchev–Trinajstić information content (AvgIpc) is 2.40. The van der Waals surface area contributed by atoms with Gasteiger partial charge in [-0.3, -0.25) is 0 Å². The van der Waals surface area contributed by atoms with Crippen LogP contribution in [0.2, 0.25) is 0 Å². The molecule has 2 N–H and O–H groups in total. The van der Waals surface area contributed by atoms with Gasteiger partial charge >= 0.3 is 0 Å². The summed E-state index contributed by atoms with van der Waals surface area (Å²) in [5, 5.41) is 0. The van der Waals surface area contributed by atoms with Gasteiger partial charge in [-0.15, -0.1) is 0 Å². The van der Waals surface area contributed by atoms with E-state index in [0.29, 0.717) is 13.2 Å². The summed E-state index contributed by atoms with van der Waals surface area (Å²) in [5.41, 5.74) is 6.78. The van der Waals surface area contributed by atoms with E-state index in [9.17, 15) is 0 Å². The van der Waals surface area contributed by atoms with E-state index in [1.165, 1.54) is 12.8 Å². The Morgan fingerprint density at radius 2 is 2.28 bits per heavy atom. The summed E-state index contributed by atoms with van der Waals surface area (Å²) in [6, 6.07) is 6.07. The van der Waals surface area contributed by atoms with Crippen molar-refractivity contribution in [1.29, 1.82) is 0 Å². The molecule has 100 valence electrons. The van der Waals surface area contributed by atoms with Crippen molar-refractivity contribution in [1.82, 2.24) is 0 Å². The van der Waals surface area contributed by atoms with E-state index < -0.39 is 0 Å². The molecule has 4 heteroatoms. The number of ether oxygens (including phenoxy) is 2. The topological polar surface area (TPSA) is 44.5 Å². The molecular formula is C14H20BrNO2. The van der Waals surface area contributed by atoms with Gasteiger partial charge in [0.05, 0.1) is 10.6 Å². The SMILES string of the molecule is NCCc1cccc(Br)c1OCC1CCCCO1. The summed E-state index contributed by atoms with van der Waals surface area (Å²) in [6.07, 6.45) is 4.57. The fourth-order valence-electron chi connectivity index (χ4n) is 2.18. The third kappa shape index (κ3) is 3.70. The van der Waals surface area contributed by atoms with E-state index in [1.807, 2.05) is 12.1 Å². The van der Waals surface area contributed by atoms with E-state index in [4.69, 9.17) is 15.2 Å². The van der Waals surface area contributed by atoms with Crippen LogP contribution >= 0.6 is 15.9 Å². The number of hydrogen-bond donors (Lipinski definition) is 1. The van der Waals surface area contributed by atoms with Crippen LogP contribution in [0.15, 0.2) is 22.7 Å². The molecule has 0 aromatic heterocycles. The lowest BCUT2D eigenvalue weighted by atomic mass is 10.1. The lowest BCUT2D eigenvalue weighted by molar-refractivity contribution is -0.0113. The van der Waals surface area contributed by atoms with Gasteiger partial charge in [0.2, 0.25) is 0 Å². The second-order valence-electron chi connectivity index (χ2n) is 4.57. The molecule has 3 nitrogen and oxygen atoms in total. The second kappa shape index (κ2) is 7.12. The zero-order chi connectivity index (χ0) is 12.8. The molecule has 1 aromatic carbocycles. The van der Waals surface area contributed by atoms with E-state index in [2.05, 4.69) is 22.0 Å². The minimum atomic E-state index is 0.233. The van der Waals surface area contributed by atoms with Crippen LogP contribution in [0.5, 0.6) is 5.75 Å². The van der Waals surface area contributed by atoms with Crippen LogP contribution in [0.3, 0.4) is 0 Å². The van der Waals surface area contributed by atoms with Gasteiger partial charge < -0.3 is 15.2 Å². The van der Waals surface area contributed by atoms with Crippen LogP contribution in [-0.4, -0.2) is 25.9 Å². The Labute approximate surface area is 117 Å². The highest BCUT2D eigenvalue weighted by molar-refractivity contribution is 9.10. The quantitative estimate of drug-likeness (QED) is 0.909. The minimum absolute atomic E-state index is 0.233. The first kappa shape index (κ1) is 13.8. The fourth-order valence-corrected chi connectivity index (χ4v) is 2.70. The number of nitrogens with two attached hydrogens (primary N) is 1. The standard InChI is InChI=1S/C14H20BrNO2/c15-13-6-3-4-11(7-8-16)14(13)18-10-12-5-1-2-9-17-12/h3-4,6,12H,1-2,5,7-10,16H2. The molecule has 0 amide bonds. The first-order chi connectivity index (χ1) is 8.81. The molecular weight excluding hydrogens is 294 g/mol. The molecule has 0 saturated carbocycles. The number of rotatable bonds is 5. The highest BCUT2D eigenvalue weighted by Gasteiger charge is 2.16. The predicted molar refractivity (Wildman–Crippen MR) is 76.0 cm³/mol. The maximum absolute atomic E-state index is 5.93. The van der Waals surface area contributed by atoms with Crippen molar-refractivity contribution < 1.29 is 9.47 Å². The van der Waals surface area contributed by atoms with Gasteiger partial charge in [0.15, 0.2) is 0 Å². The monoisotopic (exact) mass is 313 g/mol. The molecule has 1 atom stereocenters. The van der Waals surface area contributed by atoms with Gasteiger partial charge in [-0.05, 0) is 59.8 Å². The molecule has 1 fully saturated rings. The summed E-state index contributed by atoms with van der Waals surface area (Å²) in [5.74, 6) is 0.914. The molecule has 1 heterocycles. The van der Waals surface area contributed by atoms with Gasteiger partial charge in [-0.2, -0.15) is 0 Å². The highest BCUT2D eigenvalue weighted by atomic mass is 79.9. The molecule has 2 rings (SSSR count). The second-order valence-corrected chi connectivity index (χ2v) is 5.42. The third-order valence-corrected chi connectivity index (χ3v) is 3.77. The molecule has 1 aromatic rings. The summed E-state index contributed by atoms with van der Waals surface area (Å²) < 4.78 is 12.6. The molecule has 1 aliphatic rings. The Hall–Kier alpha value is -0.580. The Morgan fingerprint density at radius 1 is 1.39 bits per heavy atom. The van der Waals surface area contributed by atoms with Crippen molar-refractivity contribution in [3.05, 3.63) is 28.2 Å². The van der Waals surface area contributed by atoms with E-state index in [1.54, 1.807) is 0 Å². The lowest BCUT2D eigenvalue weighted by Crippen LogP contribution is -2.26. The summed E-state index contributed by atoms with van der Waals surface area (Å²) in [6.45, 7) is 2.12. The van der Waals surface area contributed by atoms with Crippen LogP contribution in [0.25, 0.3) is 0 Å². The van der Waals surface area contributed by atoms with Crippen molar-refractivity contribution in [3.8, 4) is 5.75 Å². The summed E-state index contributed by atoms with van der Waals surface area (Å²) >= 11 is 3.54. The Bertz CT molecular complexity index is 378. The van der Waals surface area contributed by atoms with Crippen LogP contribution in [0, 0.1) is 0 Å². The largest absolute Gasteiger partial charge is 0.489 e. The number of halogens is 1. The van der Waals surface area contributed by atoms with Crippen molar-refractivity contribution >= 4 is 15.9 Å². The van der Waals surface area contributed by atoms with Crippen molar-refractivity contribution in [2.45, 2.75) is 31.8 Å². The zero-order valence-electron chi connectivity index (χ0n) is 10.5.